The van der Waals surface area contributed by atoms with Gasteiger partial charge in [0.25, 0.3) is 0 Å². The summed E-state index contributed by atoms with van der Waals surface area (Å²) in [5, 5.41) is 10.1. The second-order valence-electron chi connectivity index (χ2n) is 5.88. The quantitative estimate of drug-likeness (QED) is 0.387. The van der Waals surface area contributed by atoms with Gasteiger partial charge < -0.3 is 0 Å². The Hall–Kier alpha value is -2.63. The predicted octanol–water partition coefficient (Wildman–Crippen LogP) is 6.02. The van der Waals surface area contributed by atoms with E-state index in [1.807, 2.05) is 65.2 Å². The van der Waals surface area contributed by atoms with Crippen LogP contribution < -0.4 is 0 Å². The summed E-state index contributed by atoms with van der Waals surface area (Å²) in [5.74, 6) is 1.02. The molecule has 1 aromatic heterocycles. The molecule has 0 saturated carbocycles. The summed E-state index contributed by atoms with van der Waals surface area (Å²) in [6, 6.07) is 24.0. The van der Waals surface area contributed by atoms with Crippen LogP contribution in [0.4, 0.5) is 4.39 Å². The first-order valence-electron chi connectivity index (χ1n) is 8.35. The van der Waals surface area contributed by atoms with Crippen molar-refractivity contribution in [1.82, 2.24) is 14.8 Å². The molecule has 0 bridgehead atoms. The maximum Gasteiger partial charge on any atom is 0.196 e. The molecule has 1 heterocycles. The molecule has 0 radical (unpaired) electrons. The molecule has 3 aromatic carbocycles. The molecule has 0 amide bonds. The van der Waals surface area contributed by atoms with Crippen LogP contribution in [0.5, 0.6) is 0 Å². The van der Waals surface area contributed by atoms with Gasteiger partial charge in [0.15, 0.2) is 11.0 Å². The number of aromatic nitrogens is 3. The highest BCUT2D eigenvalue weighted by Crippen LogP contribution is 2.32. The SMILES string of the molecule is Fc1cccc(CSc2nnc(-c3ccccc3Cl)n2-c2ccccc2)c1. The van der Waals surface area contributed by atoms with Gasteiger partial charge in [-0.25, -0.2) is 4.39 Å². The Morgan fingerprint density at radius 2 is 1.67 bits per heavy atom. The number of para-hydroxylation sites is 1. The van der Waals surface area contributed by atoms with Gasteiger partial charge in [-0.3, -0.25) is 4.57 Å². The minimum Gasteiger partial charge on any atom is -0.270 e. The standard InChI is InChI=1S/C21H15ClFN3S/c22-19-12-5-4-11-18(19)20-24-25-21(26(20)17-9-2-1-3-10-17)27-14-15-7-6-8-16(23)13-15/h1-13H,14H2. The zero-order valence-corrected chi connectivity index (χ0v) is 15.8. The van der Waals surface area contributed by atoms with E-state index in [1.54, 1.807) is 6.07 Å². The molecule has 0 aliphatic carbocycles. The van der Waals surface area contributed by atoms with Crippen LogP contribution in [-0.4, -0.2) is 14.8 Å². The molecule has 4 aromatic rings. The Bertz CT molecular complexity index is 1070. The van der Waals surface area contributed by atoms with Crippen molar-refractivity contribution in [3.63, 3.8) is 0 Å². The fourth-order valence-electron chi connectivity index (χ4n) is 2.76. The van der Waals surface area contributed by atoms with Gasteiger partial charge in [0.2, 0.25) is 0 Å². The first-order valence-corrected chi connectivity index (χ1v) is 9.72. The first kappa shape index (κ1) is 17.8. The van der Waals surface area contributed by atoms with Crippen LogP contribution in [0, 0.1) is 5.82 Å². The van der Waals surface area contributed by atoms with E-state index in [-0.39, 0.29) is 5.82 Å². The lowest BCUT2D eigenvalue weighted by Crippen LogP contribution is -2.00. The van der Waals surface area contributed by atoms with Crippen LogP contribution in [0.3, 0.4) is 0 Å². The monoisotopic (exact) mass is 395 g/mol. The van der Waals surface area contributed by atoms with E-state index in [0.717, 1.165) is 22.0 Å². The van der Waals surface area contributed by atoms with Gasteiger partial charge in [-0.2, -0.15) is 0 Å². The van der Waals surface area contributed by atoms with Gasteiger partial charge >= 0.3 is 0 Å². The third-order valence-corrected chi connectivity index (χ3v) is 5.35. The molecule has 4 rings (SSSR count). The minimum absolute atomic E-state index is 0.241. The van der Waals surface area contributed by atoms with Gasteiger partial charge in [-0.05, 0) is 42.0 Å². The molecule has 134 valence electrons. The molecule has 0 aliphatic heterocycles. The summed E-state index contributed by atoms with van der Waals surface area (Å²) in [5.41, 5.74) is 2.65. The smallest absolute Gasteiger partial charge is 0.196 e. The van der Waals surface area contributed by atoms with Gasteiger partial charge in [-0.1, -0.05) is 65.8 Å². The summed E-state index contributed by atoms with van der Waals surface area (Å²) in [4.78, 5) is 0. The van der Waals surface area contributed by atoms with Crippen molar-refractivity contribution in [2.24, 2.45) is 0 Å². The number of benzene rings is 3. The Balaban J connectivity index is 1.75. The lowest BCUT2D eigenvalue weighted by molar-refractivity contribution is 0.626. The van der Waals surface area contributed by atoms with Crippen LogP contribution in [0.2, 0.25) is 5.02 Å². The van der Waals surface area contributed by atoms with Crippen LogP contribution in [0.1, 0.15) is 5.56 Å². The summed E-state index contributed by atoms with van der Waals surface area (Å²) in [7, 11) is 0. The third kappa shape index (κ3) is 3.89. The predicted molar refractivity (Wildman–Crippen MR) is 108 cm³/mol. The van der Waals surface area contributed by atoms with Crippen molar-refractivity contribution in [3.8, 4) is 17.1 Å². The fraction of sp³-hybridized carbons (Fsp3) is 0.0476. The largest absolute Gasteiger partial charge is 0.270 e. The topological polar surface area (TPSA) is 30.7 Å². The molecular weight excluding hydrogens is 381 g/mol. The van der Waals surface area contributed by atoms with Crippen molar-refractivity contribution >= 4 is 23.4 Å². The lowest BCUT2D eigenvalue weighted by atomic mass is 10.2. The van der Waals surface area contributed by atoms with E-state index in [2.05, 4.69) is 10.2 Å². The summed E-state index contributed by atoms with van der Waals surface area (Å²) in [6.45, 7) is 0. The molecule has 6 heteroatoms. The van der Waals surface area contributed by atoms with Crippen molar-refractivity contribution < 1.29 is 4.39 Å². The molecule has 0 spiro atoms. The normalized spacial score (nSPS) is 10.9. The van der Waals surface area contributed by atoms with Gasteiger partial charge in [0, 0.05) is 17.0 Å². The highest BCUT2D eigenvalue weighted by Gasteiger charge is 2.18. The number of nitrogens with zero attached hydrogens (tertiary/aromatic N) is 3. The highest BCUT2D eigenvalue weighted by atomic mass is 35.5. The molecule has 3 nitrogen and oxygen atoms in total. The van der Waals surface area contributed by atoms with E-state index in [0.29, 0.717) is 16.6 Å². The third-order valence-electron chi connectivity index (χ3n) is 4.02. The van der Waals surface area contributed by atoms with Crippen molar-refractivity contribution in [2.45, 2.75) is 10.9 Å². The first-order chi connectivity index (χ1) is 13.2. The molecule has 0 unspecified atom stereocenters. The Morgan fingerprint density at radius 3 is 2.44 bits per heavy atom. The number of rotatable bonds is 5. The van der Waals surface area contributed by atoms with E-state index in [1.165, 1.54) is 23.9 Å². The van der Waals surface area contributed by atoms with Crippen LogP contribution in [0.25, 0.3) is 17.1 Å². The number of halogens is 2. The van der Waals surface area contributed by atoms with Gasteiger partial charge in [0.1, 0.15) is 5.82 Å². The average molecular weight is 396 g/mol. The van der Waals surface area contributed by atoms with Crippen molar-refractivity contribution in [2.75, 3.05) is 0 Å². The minimum atomic E-state index is -0.241. The Kier molecular flexibility index (Phi) is 5.23. The average Bonchev–Trinajstić information content (AvgIpc) is 3.11. The summed E-state index contributed by atoms with van der Waals surface area (Å²) < 4.78 is 15.4. The molecule has 0 aliphatic rings. The second kappa shape index (κ2) is 7.94. The fourth-order valence-corrected chi connectivity index (χ4v) is 3.88. The number of thioether (sulfide) groups is 1. The maximum absolute atomic E-state index is 13.4. The van der Waals surface area contributed by atoms with Crippen LogP contribution in [0.15, 0.2) is 84.0 Å². The Morgan fingerprint density at radius 1 is 0.889 bits per heavy atom. The zero-order valence-electron chi connectivity index (χ0n) is 14.2. The number of hydrogen-bond acceptors (Lipinski definition) is 3. The zero-order chi connectivity index (χ0) is 18.6. The molecular formula is C21H15ClFN3S. The van der Waals surface area contributed by atoms with E-state index >= 15 is 0 Å². The highest BCUT2D eigenvalue weighted by molar-refractivity contribution is 7.98. The molecule has 0 N–H and O–H groups in total. The van der Waals surface area contributed by atoms with Crippen molar-refractivity contribution in [3.05, 3.63) is 95.3 Å². The van der Waals surface area contributed by atoms with Gasteiger partial charge in [-0.15, -0.1) is 10.2 Å². The van der Waals surface area contributed by atoms with E-state index < -0.39 is 0 Å². The summed E-state index contributed by atoms with van der Waals surface area (Å²) >= 11 is 7.89. The Labute approximate surface area is 165 Å². The molecule has 0 saturated heterocycles. The number of hydrogen-bond donors (Lipinski definition) is 0. The molecule has 0 fully saturated rings. The van der Waals surface area contributed by atoms with Gasteiger partial charge in [0.05, 0.1) is 5.02 Å². The van der Waals surface area contributed by atoms with Crippen LogP contribution >= 0.6 is 23.4 Å². The lowest BCUT2D eigenvalue weighted by Gasteiger charge is -2.11. The van der Waals surface area contributed by atoms with Crippen LogP contribution in [-0.2, 0) is 5.75 Å². The molecule has 0 atom stereocenters. The maximum atomic E-state index is 13.4. The summed E-state index contributed by atoms with van der Waals surface area (Å²) in [6.07, 6.45) is 0. The van der Waals surface area contributed by atoms with E-state index in [9.17, 15) is 4.39 Å². The van der Waals surface area contributed by atoms with Crippen molar-refractivity contribution in [1.29, 1.82) is 0 Å². The van der Waals surface area contributed by atoms with E-state index in [4.69, 9.17) is 11.6 Å². The molecule has 27 heavy (non-hydrogen) atoms. The second-order valence-corrected chi connectivity index (χ2v) is 7.23.